The molecular formula is C16H20ClN3O2. The Hall–Kier alpha value is -1.85. The minimum Gasteiger partial charge on any atom is -0.391 e. The zero-order valence-corrected chi connectivity index (χ0v) is 13.4. The zero-order chi connectivity index (χ0) is 16.1. The van der Waals surface area contributed by atoms with Crippen molar-refractivity contribution >= 4 is 17.5 Å². The van der Waals surface area contributed by atoms with E-state index in [1.807, 2.05) is 26.0 Å². The van der Waals surface area contributed by atoms with Gasteiger partial charge in [0.15, 0.2) is 0 Å². The van der Waals surface area contributed by atoms with Gasteiger partial charge in [0, 0.05) is 17.1 Å². The summed E-state index contributed by atoms with van der Waals surface area (Å²) < 4.78 is 0. The smallest absolute Gasteiger partial charge is 0.255 e. The number of amides is 1. The fraction of sp³-hybridized carbons (Fsp3) is 0.375. The first-order valence-electron chi connectivity index (χ1n) is 7.28. The van der Waals surface area contributed by atoms with E-state index < -0.39 is 6.10 Å². The average molecular weight is 322 g/mol. The van der Waals surface area contributed by atoms with E-state index in [2.05, 4.69) is 15.5 Å². The topological polar surface area (TPSA) is 78.0 Å². The fourth-order valence-corrected chi connectivity index (χ4v) is 2.28. The van der Waals surface area contributed by atoms with E-state index in [4.69, 9.17) is 11.6 Å². The van der Waals surface area contributed by atoms with Crippen LogP contribution < -0.4 is 5.32 Å². The molecule has 2 unspecified atom stereocenters. The third kappa shape index (κ3) is 3.87. The maximum atomic E-state index is 12.3. The second-order valence-corrected chi connectivity index (χ2v) is 5.77. The fourth-order valence-electron chi connectivity index (χ4n) is 2.09. The van der Waals surface area contributed by atoms with Crippen LogP contribution >= 0.6 is 11.6 Å². The molecule has 1 amide bonds. The molecule has 1 aromatic carbocycles. The second-order valence-electron chi connectivity index (χ2n) is 5.33. The highest BCUT2D eigenvalue weighted by Crippen LogP contribution is 2.23. The summed E-state index contributed by atoms with van der Waals surface area (Å²) in [7, 11) is 0. The number of carbonyl (C=O) groups is 1. The number of benzene rings is 1. The summed E-state index contributed by atoms with van der Waals surface area (Å²) in [6, 6.07) is 7.20. The van der Waals surface area contributed by atoms with Crippen LogP contribution in [0.15, 0.2) is 30.5 Å². The Labute approximate surface area is 134 Å². The second kappa shape index (κ2) is 7.42. The molecular weight excluding hydrogens is 302 g/mol. The van der Waals surface area contributed by atoms with Crippen molar-refractivity contribution in [2.45, 2.75) is 26.4 Å². The molecule has 0 aliphatic carbocycles. The molecule has 2 atom stereocenters. The Balaban J connectivity index is 2.10. The molecule has 0 aliphatic rings. The Morgan fingerprint density at radius 1 is 1.50 bits per heavy atom. The molecule has 118 valence electrons. The van der Waals surface area contributed by atoms with Gasteiger partial charge in [0.1, 0.15) is 0 Å². The van der Waals surface area contributed by atoms with E-state index in [0.717, 1.165) is 12.0 Å². The van der Waals surface area contributed by atoms with Crippen molar-refractivity contribution in [2.75, 3.05) is 6.54 Å². The molecule has 0 bridgehead atoms. The minimum atomic E-state index is -0.560. The number of carbonyl (C=O) groups excluding carboxylic acids is 1. The van der Waals surface area contributed by atoms with Crippen molar-refractivity contribution in [3.8, 4) is 11.3 Å². The first kappa shape index (κ1) is 16.5. The summed E-state index contributed by atoms with van der Waals surface area (Å²) in [5.74, 6) is -0.136. The van der Waals surface area contributed by atoms with Crippen LogP contribution in [-0.2, 0) is 0 Å². The molecule has 5 nitrogen and oxygen atoms in total. The number of aromatic amines is 1. The van der Waals surface area contributed by atoms with Gasteiger partial charge in [-0.1, -0.05) is 44.0 Å². The largest absolute Gasteiger partial charge is 0.391 e. The average Bonchev–Trinajstić information content (AvgIpc) is 3.01. The van der Waals surface area contributed by atoms with Gasteiger partial charge >= 0.3 is 0 Å². The number of hydrogen-bond acceptors (Lipinski definition) is 3. The maximum Gasteiger partial charge on any atom is 0.255 e. The predicted octanol–water partition coefficient (Wildman–Crippen LogP) is 2.87. The van der Waals surface area contributed by atoms with Crippen molar-refractivity contribution in [2.24, 2.45) is 5.92 Å². The summed E-state index contributed by atoms with van der Waals surface area (Å²) in [6.07, 6.45) is 1.77. The van der Waals surface area contributed by atoms with Crippen LogP contribution in [0, 0.1) is 5.92 Å². The number of rotatable bonds is 6. The van der Waals surface area contributed by atoms with Crippen LogP contribution in [0.3, 0.4) is 0 Å². The highest BCUT2D eigenvalue weighted by atomic mass is 35.5. The molecule has 2 aromatic rings. The molecule has 6 heteroatoms. The highest BCUT2D eigenvalue weighted by molar-refractivity contribution is 6.30. The van der Waals surface area contributed by atoms with E-state index in [-0.39, 0.29) is 18.4 Å². The molecule has 0 aliphatic heterocycles. The summed E-state index contributed by atoms with van der Waals surface area (Å²) in [5, 5.41) is 20.0. The van der Waals surface area contributed by atoms with Crippen LogP contribution in [0.1, 0.15) is 30.6 Å². The number of nitrogens with one attached hydrogen (secondary N) is 2. The standard InChI is InChI=1S/C16H20ClN3O2/c1-3-10(2)14(21)9-18-16(22)13-8-19-20-15(13)11-5-4-6-12(17)7-11/h4-8,10,14,21H,3,9H2,1-2H3,(H,18,22)(H,19,20). The van der Waals surface area contributed by atoms with E-state index in [9.17, 15) is 9.90 Å². The zero-order valence-electron chi connectivity index (χ0n) is 12.6. The van der Waals surface area contributed by atoms with E-state index >= 15 is 0 Å². The minimum absolute atomic E-state index is 0.136. The summed E-state index contributed by atoms with van der Waals surface area (Å²) in [6.45, 7) is 4.17. The summed E-state index contributed by atoms with van der Waals surface area (Å²) >= 11 is 5.98. The quantitative estimate of drug-likeness (QED) is 0.765. The molecule has 0 saturated heterocycles. The lowest BCUT2D eigenvalue weighted by atomic mass is 10.0. The lowest BCUT2D eigenvalue weighted by Crippen LogP contribution is -2.35. The van der Waals surface area contributed by atoms with Gasteiger partial charge in [-0.15, -0.1) is 0 Å². The Morgan fingerprint density at radius 2 is 2.27 bits per heavy atom. The number of H-pyrrole nitrogens is 1. The lowest BCUT2D eigenvalue weighted by Gasteiger charge is -2.17. The Bertz CT molecular complexity index is 642. The van der Waals surface area contributed by atoms with Crippen LogP contribution in [0.5, 0.6) is 0 Å². The number of aliphatic hydroxyl groups is 1. The van der Waals surface area contributed by atoms with Crippen molar-refractivity contribution < 1.29 is 9.90 Å². The van der Waals surface area contributed by atoms with Gasteiger partial charge in [-0.25, -0.2) is 0 Å². The molecule has 22 heavy (non-hydrogen) atoms. The maximum absolute atomic E-state index is 12.3. The number of aliphatic hydroxyl groups excluding tert-OH is 1. The third-order valence-electron chi connectivity index (χ3n) is 3.77. The van der Waals surface area contributed by atoms with Crippen molar-refractivity contribution in [1.82, 2.24) is 15.5 Å². The molecule has 3 N–H and O–H groups in total. The van der Waals surface area contributed by atoms with Gasteiger partial charge in [-0.2, -0.15) is 5.10 Å². The van der Waals surface area contributed by atoms with Gasteiger partial charge in [-0.05, 0) is 18.1 Å². The first-order valence-corrected chi connectivity index (χ1v) is 7.66. The molecule has 1 heterocycles. The number of aromatic nitrogens is 2. The van der Waals surface area contributed by atoms with Crippen molar-refractivity contribution in [1.29, 1.82) is 0 Å². The highest BCUT2D eigenvalue weighted by Gasteiger charge is 2.18. The SMILES string of the molecule is CCC(C)C(O)CNC(=O)c1cn[nH]c1-c1cccc(Cl)c1. The molecule has 0 fully saturated rings. The molecule has 1 aromatic heterocycles. The van der Waals surface area contributed by atoms with Crippen LogP contribution in [0.4, 0.5) is 0 Å². The molecule has 2 rings (SSSR count). The van der Waals surface area contributed by atoms with Gasteiger partial charge in [0.2, 0.25) is 0 Å². The van der Waals surface area contributed by atoms with E-state index in [1.54, 1.807) is 12.1 Å². The lowest BCUT2D eigenvalue weighted by molar-refractivity contribution is 0.0851. The predicted molar refractivity (Wildman–Crippen MR) is 86.8 cm³/mol. The Kier molecular flexibility index (Phi) is 5.57. The van der Waals surface area contributed by atoms with Gasteiger partial charge in [0.05, 0.1) is 23.6 Å². The first-order chi connectivity index (χ1) is 10.5. The Morgan fingerprint density at radius 3 is 2.95 bits per heavy atom. The monoisotopic (exact) mass is 321 g/mol. The van der Waals surface area contributed by atoms with Gasteiger partial charge in [-0.3, -0.25) is 9.89 Å². The molecule has 0 spiro atoms. The van der Waals surface area contributed by atoms with Crippen molar-refractivity contribution in [3.63, 3.8) is 0 Å². The molecule has 0 radical (unpaired) electrons. The third-order valence-corrected chi connectivity index (χ3v) is 4.00. The summed E-state index contributed by atoms with van der Waals surface area (Å²) in [5.41, 5.74) is 1.83. The molecule has 0 saturated carbocycles. The van der Waals surface area contributed by atoms with Gasteiger partial charge < -0.3 is 10.4 Å². The number of halogens is 1. The van der Waals surface area contributed by atoms with E-state index in [1.165, 1.54) is 6.20 Å². The summed E-state index contributed by atoms with van der Waals surface area (Å²) in [4.78, 5) is 12.3. The van der Waals surface area contributed by atoms with Crippen LogP contribution in [0.2, 0.25) is 5.02 Å². The van der Waals surface area contributed by atoms with Crippen LogP contribution in [0.25, 0.3) is 11.3 Å². The van der Waals surface area contributed by atoms with Gasteiger partial charge in [0.25, 0.3) is 5.91 Å². The van der Waals surface area contributed by atoms with Crippen molar-refractivity contribution in [3.05, 3.63) is 41.0 Å². The number of nitrogens with zero attached hydrogens (tertiary/aromatic N) is 1. The number of hydrogen-bond donors (Lipinski definition) is 3. The van der Waals surface area contributed by atoms with E-state index in [0.29, 0.717) is 16.3 Å². The normalized spacial score (nSPS) is 13.6. The van der Waals surface area contributed by atoms with Crippen LogP contribution in [-0.4, -0.2) is 33.9 Å².